The van der Waals surface area contributed by atoms with E-state index < -0.39 is 0 Å². The van der Waals surface area contributed by atoms with Crippen LogP contribution in [0, 0.1) is 0 Å². The minimum atomic E-state index is 0.486. The fourth-order valence-corrected chi connectivity index (χ4v) is 6.51. The SMILES string of the molecule is CCCCCCC(CCCCC1=c2ccc([nH]2)=Cc2ccc([nH]2)C=c2ccc([nH]2)=Cc2ccc1[nH]2)c1cc(OC)cc(OC)c1. The molecule has 6 rings (SSSR count). The highest BCUT2D eigenvalue weighted by atomic mass is 16.5. The number of methoxy groups -OCH3 is 2. The van der Waals surface area contributed by atoms with Gasteiger partial charge in [0.25, 0.3) is 0 Å². The molecule has 5 heterocycles. The molecule has 234 valence electrons. The molecule has 6 nitrogen and oxygen atoms in total. The van der Waals surface area contributed by atoms with Gasteiger partial charge in [-0.2, -0.15) is 0 Å². The van der Waals surface area contributed by atoms with Crippen LogP contribution in [0.1, 0.15) is 99.0 Å². The van der Waals surface area contributed by atoms with Gasteiger partial charge in [0, 0.05) is 50.2 Å². The number of ether oxygens (including phenoxy) is 2. The number of benzene rings is 1. The molecule has 1 atom stereocenters. The van der Waals surface area contributed by atoms with Crippen LogP contribution in [0.2, 0.25) is 0 Å². The van der Waals surface area contributed by atoms with Crippen molar-refractivity contribution in [2.45, 2.75) is 70.6 Å². The predicted molar refractivity (Wildman–Crippen MR) is 184 cm³/mol. The summed E-state index contributed by atoms with van der Waals surface area (Å²) < 4.78 is 11.2. The molecular weight excluding hydrogens is 556 g/mol. The van der Waals surface area contributed by atoms with Gasteiger partial charge in [-0.3, -0.25) is 0 Å². The zero-order valence-electron chi connectivity index (χ0n) is 26.8. The van der Waals surface area contributed by atoms with Gasteiger partial charge in [0.15, 0.2) is 0 Å². The van der Waals surface area contributed by atoms with Crippen LogP contribution in [0.4, 0.5) is 0 Å². The Kier molecular flexibility index (Phi) is 9.79. The summed E-state index contributed by atoms with van der Waals surface area (Å²) in [6.07, 6.45) is 17.1. The molecule has 0 aliphatic carbocycles. The molecule has 1 unspecified atom stereocenters. The van der Waals surface area contributed by atoms with Crippen LogP contribution in [0.5, 0.6) is 11.5 Å². The highest BCUT2D eigenvalue weighted by Crippen LogP contribution is 2.34. The lowest BCUT2D eigenvalue weighted by Crippen LogP contribution is -2.14. The number of rotatable bonds is 13. The zero-order valence-corrected chi connectivity index (χ0v) is 26.8. The second-order valence-electron chi connectivity index (χ2n) is 12.2. The number of unbranched alkanes of at least 4 members (excludes halogenated alkanes) is 4. The lowest BCUT2D eigenvalue weighted by molar-refractivity contribution is 0.391. The smallest absolute Gasteiger partial charge is 0.122 e. The Balaban J connectivity index is 1.26. The highest BCUT2D eigenvalue weighted by Gasteiger charge is 2.15. The van der Waals surface area contributed by atoms with E-state index in [4.69, 9.17) is 9.47 Å². The van der Waals surface area contributed by atoms with Crippen molar-refractivity contribution >= 4 is 23.8 Å². The first kappa shape index (κ1) is 30.4. The van der Waals surface area contributed by atoms with Crippen molar-refractivity contribution in [2.24, 2.45) is 0 Å². The Morgan fingerprint density at radius 3 is 1.84 bits per heavy atom. The Labute approximate surface area is 265 Å². The molecule has 0 spiro atoms. The van der Waals surface area contributed by atoms with Crippen LogP contribution in [0.25, 0.3) is 23.8 Å². The molecule has 45 heavy (non-hydrogen) atoms. The Bertz CT molecular complexity index is 1930. The summed E-state index contributed by atoms with van der Waals surface area (Å²) in [6.45, 7) is 2.27. The van der Waals surface area contributed by atoms with Crippen molar-refractivity contribution in [3.8, 4) is 11.5 Å². The van der Waals surface area contributed by atoms with Crippen molar-refractivity contribution in [3.63, 3.8) is 0 Å². The van der Waals surface area contributed by atoms with Crippen LogP contribution >= 0.6 is 0 Å². The molecular formula is C39H46N4O2. The van der Waals surface area contributed by atoms with Gasteiger partial charge >= 0.3 is 0 Å². The van der Waals surface area contributed by atoms with E-state index in [9.17, 15) is 0 Å². The maximum atomic E-state index is 5.62. The Hall–Kier alpha value is -4.58. The normalized spacial score (nSPS) is 13.1. The maximum absolute atomic E-state index is 5.62. The van der Waals surface area contributed by atoms with Gasteiger partial charge in [-0.25, -0.2) is 0 Å². The summed E-state index contributed by atoms with van der Waals surface area (Å²) in [7, 11) is 3.47. The van der Waals surface area contributed by atoms with Crippen molar-refractivity contribution in [3.05, 3.63) is 116 Å². The average molecular weight is 603 g/mol. The summed E-state index contributed by atoms with van der Waals surface area (Å²) in [4.78, 5) is 14.4. The van der Waals surface area contributed by atoms with E-state index in [2.05, 4.69) is 106 Å². The Morgan fingerprint density at radius 1 is 0.578 bits per heavy atom. The van der Waals surface area contributed by atoms with Gasteiger partial charge in [0.2, 0.25) is 0 Å². The number of aromatic nitrogens is 4. The van der Waals surface area contributed by atoms with Crippen molar-refractivity contribution < 1.29 is 9.47 Å². The quantitative estimate of drug-likeness (QED) is 0.119. The summed E-state index contributed by atoms with van der Waals surface area (Å²) in [5.41, 5.74) is 7.03. The van der Waals surface area contributed by atoms with Gasteiger partial charge in [0.1, 0.15) is 11.5 Å². The van der Waals surface area contributed by atoms with Crippen molar-refractivity contribution in [2.75, 3.05) is 14.2 Å². The molecule has 1 aliphatic heterocycles. The highest BCUT2D eigenvalue weighted by molar-refractivity contribution is 5.64. The first-order valence-corrected chi connectivity index (χ1v) is 16.5. The maximum Gasteiger partial charge on any atom is 0.122 e. The van der Waals surface area contributed by atoms with E-state index in [0.29, 0.717) is 5.92 Å². The van der Waals surface area contributed by atoms with Crippen LogP contribution in [0.3, 0.4) is 0 Å². The molecule has 6 heteroatoms. The van der Waals surface area contributed by atoms with E-state index in [1.165, 1.54) is 43.2 Å². The standard InChI is InChI=1S/C39H46N4O2/c1-4-5-6-7-10-27(28-21-35(44-2)26-36(22-28)45-3)11-8-9-12-37-38-19-17-33(42-38)24-31-15-13-29(40-31)23-30-14-16-32(41-30)25-34-18-20-39(37)43-34/h13-27,40-43H,4-12H2,1-3H3. The minimum absolute atomic E-state index is 0.486. The van der Waals surface area contributed by atoms with Gasteiger partial charge in [-0.1, -0.05) is 39.0 Å². The third kappa shape index (κ3) is 7.75. The topological polar surface area (TPSA) is 81.6 Å². The predicted octanol–water partition coefficient (Wildman–Crippen LogP) is 6.33. The second-order valence-corrected chi connectivity index (χ2v) is 12.2. The van der Waals surface area contributed by atoms with Gasteiger partial charge in [0.05, 0.1) is 14.2 Å². The fourth-order valence-electron chi connectivity index (χ4n) is 6.51. The number of H-pyrrole nitrogens is 4. The van der Waals surface area contributed by atoms with E-state index in [1.54, 1.807) is 14.2 Å². The summed E-state index contributed by atoms with van der Waals surface area (Å²) in [5.74, 6) is 2.22. The average Bonchev–Trinajstić information content (AvgIpc) is 3.88. The van der Waals surface area contributed by atoms with Gasteiger partial charge in [-0.05, 0) is 122 Å². The van der Waals surface area contributed by atoms with Gasteiger partial charge < -0.3 is 29.4 Å². The van der Waals surface area contributed by atoms with E-state index in [-0.39, 0.29) is 0 Å². The summed E-state index contributed by atoms with van der Waals surface area (Å²) >= 11 is 0. The molecule has 1 aromatic carbocycles. The summed E-state index contributed by atoms with van der Waals surface area (Å²) in [5, 5.41) is 4.39. The summed E-state index contributed by atoms with van der Waals surface area (Å²) in [6, 6.07) is 23.6. The molecule has 0 saturated carbocycles. The molecule has 4 N–H and O–H groups in total. The number of nitrogens with one attached hydrogen (secondary N) is 4. The van der Waals surface area contributed by atoms with Crippen molar-refractivity contribution in [1.29, 1.82) is 0 Å². The molecule has 4 aromatic heterocycles. The van der Waals surface area contributed by atoms with Crippen LogP contribution < -0.4 is 30.9 Å². The van der Waals surface area contributed by atoms with Gasteiger partial charge in [-0.15, -0.1) is 0 Å². The molecule has 5 aromatic rings. The zero-order chi connectivity index (χ0) is 31.0. The lowest BCUT2D eigenvalue weighted by atomic mass is 9.87. The fraction of sp³-hybridized carbons (Fsp3) is 0.333. The molecule has 8 bridgehead atoms. The number of fused-ring (bicyclic) bond motifs is 8. The minimum Gasteiger partial charge on any atom is -0.497 e. The largest absolute Gasteiger partial charge is 0.497 e. The monoisotopic (exact) mass is 602 g/mol. The van der Waals surface area contributed by atoms with Crippen LogP contribution in [0.15, 0.2) is 66.7 Å². The third-order valence-electron chi connectivity index (χ3n) is 8.94. The Morgan fingerprint density at radius 2 is 1.18 bits per heavy atom. The molecule has 1 aliphatic rings. The van der Waals surface area contributed by atoms with E-state index in [0.717, 1.165) is 81.4 Å². The third-order valence-corrected chi connectivity index (χ3v) is 8.94. The molecule has 0 radical (unpaired) electrons. The lowest BCUT2D eigenvalue weighted by Gasteiger charge is -2.19. The second kappa shape index (κ2) is 14.5. The number of aromatic amines is 4. The van der Waals surface area contributed by atoms with E-state index in [1.807, 2.05) is 6.07 Å². The van der Waals surface area contributed by atoms with Crippen LogP contribution in [-0.4, -0.2) is 34.2 Å². The number of hydrogen-bond acceptors (Lipinski definition) is 2. The molecule has 0 saturated heterocycles. The number of hydrogen-bond donors (Lipinski definition) is 4. The first-order chi connectivity index (χ1) is 22.1. The van der Waals surface area contributed by atoms with Crippen LogP contribution in [-0.2, 0) is 0 Å². The molecule has 0 fully saturated rings. The first-order valence-electron chi connectivity index (χ1n) is 16.5. The molecule has 0 amide bonds. The van der Waals surface area contributed by atoms with E-state index >= 15 is 0 Å². The van der Waals surface area contributed by atoms with Crippen molar-refractivity contribution in [1.82, 2.24) is 19.9 Å².